The van der Waals surface area contributed by atoms with Crippen molar-refractivity contribution in [2.45, 2.75) is 19.3 Å². The molecule has 0 aliphatic carbocycles. The van der Waals surface area contributed by atoms with Crippen molar-refractivity contribution in [2.24, 2.45) is 0 Å². The zero-order valence-corrected chi connectivity index (χ0v) is 8.33. The van der Waals surface area contributed by atoms with E-state index in [0.717, 1.165) is 34.9 Å². The van der Waals surface area contributed by atoms with Gasteiger partial charge in [-0.2, -0.15) is 0 Å². The maximum absolute atomic E-state index is 5.96. The van der Waals surface area contributed by atoms with Crippen LogP contribution in [0, 0.1) is 6.92 Å². The lowest BCUT2D eigenvalue weighted by molar-refractivity contribution is 0.841. The van der Waals surface area contributed by atoms with Crippen LogP contribution in [0.1, 0.15) is 18.4 Å². The average molecular weight is 202 g/mol. The predicted molar refractivity (Wildman–Crippen MR) is 54.8 cm³/mol. The number of unbranched alkanes of at least 4 members (excludes halogenated alkanes) is 1. The molecule has 2 heteroatoms. The Hall–Kier alpha value is -0.200. The highest BCUT2D eigenvalue weighted by Gasteiger charge is 2.03. The predicted octanol–water partition coefficient (Wildman–Crippen LogP) is 4.15. The van der Waals surface area contributed by atoms with Gasteiger partial charge in [0.25, 0.3) is 0 Å². The minimum Gasteiger partial charge on any atom is -0.0840 e. The molecule has 0 aliphatic rings. The Kier molecular flexibility index (Phi) is 3.90. The molecule has 0 unspecified atom stereocenters. The molecule has 0 aliphatic heterocycles. The topological polar surface area (TPSA) is 0 Å². The highest BCUT2D eigenvalue weighted by atomic mass is 35.5. The van der Waals surface area contributed by atoms with Crippen molar-refractivity contribution in [3.63, 3.8) is 0 Å². The molecule has 1 radical (unpaired) electrons. The summed E-state index contributed by atoms with van der Waals surface area (Å²) >= 11 is 11.9. The summed E-state index contributed by atoms with van der Waals surface area (Å²) in [6.45, 7) is 3.77. The van der Waals surface area contributed by atoms with Crippen LogP contribution >= 0.6 is 23.2 Å². The van der Waals surface area contributed by atoms with Crippen LogP contribution in [-0.2, 0) is 6.42 Å². The van der Waals surface area contributed by atoms with Gasteiger partial charge in [0.15, 0.2) is 0 Å². The van der Waals surface area contributed by atoms with Crippen molar-refractivity contribution in [3.8, 4) is 0 Å². The van der Waals surface area contributed by atoms with Gasteiger partial charge in [-0.25, -0.2) is 0 Å². The van der Waals surface area contributed by atoms with Crippen molar-refractivity contribution < 1.29 is 0 Å². The van der Waals surface area contributed by atoms with E-state index in [1.165, 1.54) is 0 Å². The molecule has 0 fully saturated rings. The first-order valence-electron chi connectivity index (χ1n) is 3.98. The molecule has 0 heterocycles. The molecule has 1 aromatic carbocycles. The first-order chi connectivity index (χ1) is 5.75. The minimum atomic E-state index is 0.760. The Morgan fingerprint density at radius 3 is 2.25 bits per heavy atom. The normalized spacial score (nSPS) is 10.2. The fourth-order valence-corrected chi connectivity index (χ4v) is 1.66. The molecule has 0 aromatic heterocycles. The van der Waals surface area contributed by atoms with E-state index in [4.69, 9.17) is 23.2 Å². The number of hydrogen-bond donors (Lipinski definition) is 0. The molecule has 1 rings (SSSR count). The Balaban J connectivity index is 2.81. The van der Waals surface area contributed by atoms with Crippen LogP contribution in [-0.4, -0.2) is 0 Å². The van der Waals surface area contributed by atoms with E-state index >= 15 is 0 Å². The number of benzene rings is 1. The van der Waals surface area contributed by atoms with Crippen LogP contribution < -0.4 is 0 Å². The van der Waals surface area contributed by atoms with Crippen LogP contribution in [0.3, 0.4) is 0 Å². The lowest BCUT2D eigenvalue weighted by atomic mass is 10.1. The van der Waals surface area contributed by atoms with Crippen LogP contribution in [0.15, 0.2) is 18.2 Å². The van der Waals surface area contributed by atoms with Gasteiger partial charge in [0, 0.05) is 10.0 Å². The van der Waals surface area contributed by atoms with Crippen LogP contribution in [0.4, 0.5) is 0 Å². The maximum Gasteiger partial charge on any atom is 0.0452 e. The third-order valence-electron chi connectivity index (χ3n) is 1.74. The van der Waals surface area contributed by atoms with Gasteiger partial charge in [-0.3, -0.25) is 0 Å². The van der Waals surface area contributed by atoms with E-state index in [9.17, 15) is 0 Å². The second kappa shape index (κ2) is 4.74. The smallest absolute Gasteiger partial charge is 0.0452 e. The van der Waals surface area contributed by atoms with E-state index in [1.807, 2.05) is 18.2 Å². The summed E-state index contributed by atoms with van der Waals surface area (Å²) in [6, 6.07) is 5.59. The zero-order valence-electron chi connectivity index (χ0n) is 6.82. The Morgan fingerprint density at radius 2 is 1.75 bits per heavy atom. The van der Waals surface area contributed by atoms with E-state index in [2.05, 4.69) is 6.92 Å². The molecule has 0 amide bonds. The van der Waals surface area contributed by atoms with Gasteiger partial charge >= 0.3 is 0 Å². The summed E-state index contributed by atoms with van der Waals surface area (Å²) in [5.74, 6) is 0. The zero-order chi connectivity index (χ0) is 8.97. The van der Waals surface area contributed by atoms with Crippen LogP contribution in [0.5, 0.6) is 0 Å². The largest absolute Gasteiger partial charge is 0.0840 e. The number of halogens is 2. The van der Waals surface area contributed by atoms with Gasteiger partial charge in [-0.15, -0.1) is 0 Å². The number of rotatable bonds is 3. The van der Waals surface area contributed by atoms with E-state index in [-0.39, 0.29) is 0 Å². The molecule has 0 saturated heterocycles. The molecule has 1 aromatic rings. The van der Waals surface area contributed by atoms with Gasteiger partial charge in [-0.1, -0.05) is 42.6 Å². The Morgan fingerprint density at radius 1 is 1.17 bits per heavy atom. The summed E-state index contributed by atoms with van der Waals surface area (Å²) in [7, 11) is 0. The fourth-order valence-electron chi connectivity index (χ4n) is 1.07. The molecular formula is C10H11Cl2. The van der Waals surface area contributed by atoms with Gasteiger partial charge in [0.2, 0.25) is 0 Å². The van der Waals surface area contributed by atoms with Gasteiger partial charge in [-0.05, 0) is 30.5 Å². The first-order valence-corrected chi connectivity index (χ1v) is 4.73. The standard InChI is InChI=1S/C10H11Cl2/c1-2-3-5-8-9(11)6-4-7-10(8)12/h4,6-7H,1-3,5H2. The average Bonchev–Trinajstić information content (AvgIpc) is 2.04. The summed E-state index contributed by atoms with van der Waals surface area (Å²) in [5.41, 5.74) is 1.05. The van der Waals surface area contributed by atoms with Crippen molar-refractivity contribution in [1.82, 2.24) is 0 Å². The van der Waals surface area contributed by atoms with Crippen molar-refractivity contribution in [2.75, 3.05) is 0 Å². The van der Waals surface area contributed by atoms with Crippen molar-refractivity contribution in [3.05, 3.63) is 40.7 Å². The molecule has 0 atom stereocenters. The van der Waals surface area contributed by atoms with E-state index < -0.39 is 0 Å². The van der Waals surface area contributed by atoms with Gasteiger partial charge < -0.3 is 0 Å². The molecular weight excluding hydrogens is 191 g/mol. The molecule has 0 saturated carbocycles. The quantitative estimate of drug-likeness (QED) is 0.690. The van der Waals surface area contributed by atoms with Gasteiger partial charge in [0.1, 0.15) is 0 Å². The third kappa shape index (κ3) is 2.40. The van der Waals surface area contributed by atoms with Crippen LogP contribution in [0.2, 0.25) is 10.0 Å². The third-order valence-corrected chi connectivity index (χ3v) is 2.45. The van der Waals surface area contributed by atoms with Crippen molar-refractivity contribution >= 4 is 23.2 Å². The molecule has 0 nitrogen and oxygen atoms in total. The molecule has 12 heavy (non-hydrogen) atoms. The monoisotopic (exact) mass is 201 g/mol. The summed E-state index contributed by atoms with van der Waals surface area (Å²) in [5, 5.41) is 1.52. The molecule has 0 N–H and O–H groups in total. The minimum absolute atomic E-state index is 0.760. The SMILES string of the molecule is [CH2]CCCc1c(Cl)cccc1Cl. The fraction of sp³-hybridized carbons (Fsp3) is 0.300. The van der Waals surface area contributed by atoms with E-state index in [0.29, 0.717) is 0 Å². The Bertz CT molecular complexity index is 236. The van der Waals surface area contributed by atoms with Crippen molar-refractivity contribution in [1.29, 1.82) is 0 Å². The summed E-state index contributed by atoms with van der Waals surface area (Å²) in [6.07, 6.45) is 2.87. The van der Waals surface area contributed by atoms with E-state index in [1.54, 1.807) is 0 Å². The summed E-state index contributed by atoms with van der Waals surface area (Å²) in [4.78, 5) is 0. The lowest BCUT2D eigenvalue weighted by Crippen LogP contribution is -1.87. The van der Waals surface area contributed by atoms with Crippen LogP contribution in [0.25, 0.3) is 0 Å². The molecule has 0 spiro atoms. The first kappa shape index (κ1) is 9.88. The highest BCUT2D eigenvalue weighted by molar-refractivity contribution is 6.35. The lowest BCUT2D eigenvalue weighted by Gasteiger charge is -2.04. The second-order valence-electron chi connectivity index (χ2n) is 2.66. The second-order valence-corrected chi connectivity index (χ2v) is 3.47. The van der Waals surface area contributed by atoms with Gasteiger partial charge in [0.05, 0.1) is 0 Å². The maximum atomic E-state index is 5.96. The molecule has 65 valence electrons. The highest BCUT2D eigenvalue weighted by Crippen LogP contribution is 2.25. The molecule has 0 bridgehead atoms. The Labute approximate surface area is 83.5 Å². The summed E-state index contributed by atoms with van der Waals surface area (Å²) < 4.78 is 0. The number of hydrogen-bond acceptors (Lipinski definition) is 0.